The van der Waals surface area contributed by atoms with Crippen LogP contribution >= 0.6 is 0 Å². The third-order valence-electron chi connectivity index (χ3n) is 3.22. The Kier molecular flexibility index (Phi) is 5.98. The topological polar surface area (TPSA) is 32.1 Å². The maximum Gasteiger partial charge on any atom is 0.161 e. The average Bonchev–Trinajstić information content (AvgIpc) is 2.47. The number of rotatable bonds is 7. The van der Waals surface area contributed by atoms with Crippen molar-refractivity contribution in [3.05, 3.63) is 24.3 Å². The van der Waals surface area contributed by atoms with E-state index in [0.29, 0.717) is 0 Å². The van der Waals surface area contributed by atoms with Gasteiger partial charge in [0.1, 0.15) is 26.2 Å². The molecule has 19 heavy (non-hydrogen) atoms. The summed E-state index contributed by atoms with van der Waals surface area (Å²) in [4.78, 5) is 1.55. The Hall–Kier alpha value is -1.26. The van der Waals surface area contributed by atoms with Crippen molar-refractivity contribution in [2.45, 2.75) is 13.3 Å². The number of hydrogen-bond acceptors (Lipinski definition) is 3. The highest BCUT2D eigenvalue weighted by Crippen LogP contribution is 2.26. The van der Waals surface area contributed by atoms with Crippen molar-refractivity contribution in [2.75, 3.05) is 46.1 Å². The van der Waals surface area contributed by atoms with Crippen LogP contribution in [-0.2, 0) is 4.74 Å². The molecule has 0 spiro atoms. The van der Waals surface area contributed by atoms with Crippen LogP contribution in [0.2, 0.25) is 0 Å². The first-order valence-corrected chi connectivity index (χ1v) is 7.16. The number of quaternary nitrogens is 1. The van der Waals surface area contributed by atoms with Crippen LogP contribution in [0.3, 0.4) is 0 Å². The number of morpholine rings is 1. The molecule has 0 amide bonds. The second-order valence-corrected chi connectivity index (χ2v) is 4.76. The Morgan fingerprint density at radius 3 is 2.32 bits per heavy atom. The SMILES string of the molecule is CCCOc1ccccc1OCC[NH+]1CCOCC1. The highest BCUT2D eigenvalue weighted by molar-refractivity contribution is 5.39. The van der Waals surface area contributed by atoms with Crippen molar-refractivity contribution in [1.29, 1.82) is 0 Å². The van der Waals surface area contributed by atoms with E-state index in [-0.39, 0.29) is 0 Å². The minimum atomic E-state index is 0.724. The Labute approximate surface area is 115 Å². The monoisotopic (exact) mass is 266 g/mol. The van der Waals surface area contributed by atoms with Gasteiger partial charge in [0.2, 0.25) is 0 Å². The molecule has 1 saturated heterocycles. The van der Waals surface area contributed by atoms with Gasteiger partial charge in [-0.3, -0.25) is 0 Å². The van der Waals surface area contributed by atoms with Crippen molar-refractivity contribution in [2.24, 2.45) is 0 Å². The van der Waals surface area contributed by atoms with E-state index in [4.69, 9.17) is 14.2 Å². The third kappa shape index (κ3) is 4.73. The molecule has 4 heteroatoms. The average molecular weight is 266 g/mol. The molecule has 0 bridgehead atoms. The molecule has 1 fully saturated rings. The van der Waals surface area contributed by atoms with E-state index in [0.717, 1.165) is 64.0 Å². The van der Waals surface area contributed by atoms with Gasteiger partial charge < -0.3 is 19.1 Å². The molecule has 0 aliphatic carbocycles. The van der Waals surface area contributed by atoms with Gasteiger partial charge in [-0.2, -0.15) is 0 Å². The molecule has 1 N–H and O–H groups in total. The lowest BCUT2D eigenvalue weighted by Crippen LogP contribution is -3.14. The molecule has 1 aliphatic rings. The highest BCUT2D eigenvalue weighted by atomic mass is 16.5. The molecular formula is C15H24NO3+. The van der Waals surface area contributed by atoms with Crippen molar-refractivity contribution >= 4 is 0 Å². The second-order valence-electron chi connectivity index (χ2n) is 4.76. The predicted molar refractivity (Wildman–Crippen MR) is 74.1 cm³/mol. The molecule has 2 rings (SSSR count). The van der Waals surface area contributed by atoms with Crippen LogP contribution in [0.4, 0.5) is 0 Å². The zero-order valence-corrected chi connectivity index (χ0v) is 11.7. The minimum Gasteiger partial charge on any atom is -0.490 e. The van der Waals surface area contributed by atoms with E-state index < -0.39 is 0 Å². The van der Waals surface area contributed by atoms with Crippen molar-refractivity contribution < 1.29 is 19.1 Å². The Balaban J connectivity index is 1.77. The molecule has 0 aromatic heterocycles. The third-order valence-corrected chi connectivity index (χ3v) is 3.22. The first kappa shape index (κ1) is 14.2. The largest absolute Gasteiger partial charge is 0.490 e. The van der Waals surface area contributed by atoms with Gasteiger partial charge >= 0.3 is 0 Å². The summed E-state index contributed by atoms with van der Waals surface area (Å²) in [6.45, 7) is 8.47. The number of ether oxygens (including phenoxy) is 3. The summed E-state index contributed by atoms with van der Waals surface area (Å²) >= 11 is 0. The summed E-state index contributed by atoms with van der Waals surface area (Å²) in [7, 11) is 0. The van der Waals surface area contributed by atoms with Crippen LogP contribution in [0.25, 0.3) is 0 Å². The van der Waals surface area contributed by atoms with E-state index >= 15 is 0 Å². The molecule has 0 saturated carbocycles. The standard InChI is InChI=1S/C15H23NO3/c1-2-10-18-14-5-3-4-6-15(14)19-13-9-16-7-11-17-12-8-16/h3-6H,2,7-13H2,1H3/p+1. The van der Waals surface area contributed by atoms with E-state index in [9.17, 15) is 0 Å². The Bertz CT molecular complexity index is 364. The fraction of sp³-hybridized carbons (Fsp3) is 0.600. The van der Waals surface area contributed by atoms with Gasteiger partial charge in [0.05, 0.1) is 19.8 Å². The van der Waals surface area contributed by atoms with E-state index in [2.05, 4.69) is 6.92 Å². The summed E-state index contributed by atoms with van der Waals surface area (Å²) < 4.78 is 16.9. The molecule has 0 unspecified atom stereocenters. The molecule has 0 radical (unpaired) electrons. The number of nitrogens with one attached hydrogen (secondary N) is 1. The summed E-state index contributed by atoms with van der Waals surface area (Å²) in [5, 5.41) is 0. The Morgan fingerprint density at radius 2 is 1.68 bits per heavy atom. The van der Waals surface area contributed by atoms with Crippen LogP contribution in [0.15, 0.2) is 24.3 Å². The van der Waals surface area contributed by atoms with Gasteiger partial charge in [-0.05, 0) is 18.6 Å². The van der Waals surface area contributed by atoms with Crippen LogP contribution < -0.4 is 14.4 Å². The normalized spacial score (nSPS) is 16.3. The molecule has 0 atom stereocenters. The zero-order valence-electron chi connectivity index (χ0n) is 11.7. The Morgan fingerprint density at radius 1 is 1.05 bits per heavy atom. The number of hydrogen-bond donors (Lipinski definition) is 1. The van der Waals surface area contributed by atoms with Crippen LogP contribution in [0, 0.1) is 0 Å². The molecule has 106 valence electrons. The highest BCUT2D eigenvalue weighted by Gasteiger charge is 2.13. The van der Waals surface area contributed by atoms with Gasteiger partial charge in [-0.25, -0.2) is 0 Å². The lowest BCUT2D eigenvalue weighted by atomic mass is 10.3. The smallest absolute Gasteiger partial charge is 0.161 e. The molecule has 1 aromatic carbocycles. The minimum absolute atomic E-state index is 0.724. The molecule has 4 nitrogen and oxygen atoms in total. The van der Waals surface area contributed by atoms with Gasteiger partial charge in [0, 0.05) is 0 Å². The van der Waals surface area contributed by atoms with Crippen molar-refractivity contribution in [3.8, 4) is 11.5 Å². The molecular weight excluding hydrogens is 242 g/mol. The maximum atomic E-state index is 5.85. The number of para-hydroxylation sites is 2. The summed E-state index contributed by atoms with van der Waals surface area (Å²) in [6.07, 6.45) is 1.01. The zero-order chi connectivity index (χ0) is 13.3. The maximum absolute atomic E-state index is 5.85. The van der Waals surface area contributed by atoms with Gasteiger partial charge in [0.25, 0.3) is 0 Å². The lowest BCUT2D eigenvalue weighted by Gasteiger charge is -2.23. The quantitative estimate of drug-likeness (QED) is 0.791. The lowest BCUT2D eigenvalue weighted by molar-refractivity contribution is -0.908. The summed E-state index contributed by atoms with van der Waals surface area (Å²) in [6, 6.07) is 7.90. The van der Waals surface area contributed by atoms with Crippen LogP contribution in [0.5, 0.6) is 11.5 Å². The van der Waals surface area contributed by atoms with E-state index in [1.807, 2.05) is 24.3 Å². The van der Waals surface area contributed by atoms with Crippen LogP contribution in [-0.4, -0.2) is 46.1 Å². The van der Waals surface area contributed by atoms with E-state index in [1.54, 1.807) is 4.90 Å². The molecule has 1 aromatic rings. The van der Waals surface area contributed by atoms with Gasteiger partial charge in [0.15, 0.2) is 11.5 Å². The van der Waals surface area contributed by atoms with Crippen molar-refractivity contribution in [3.63, 3.8) is 0 Å². The number of benzene rings is 1. The molecule has 1 heterocycles. The first-order valence-electron chi connectivity index (χ1n) is 7.16. The summed E-state index contributed by atoms with van der Waals surface area (Å²) in [5.74, 6) is 1.70. The van der Waals surface area contributed by atoms with Crippen LogP contribution in [0.1, 0.15) is 13.3 Å². The molecule has 1 aliphatic heterocycles. The fourth-order valence-electron chi connectivity index (χ4n) is 2.12. The second kappa shape index (κ2) is 8.02. The predicted octanol–water partition coefficient (Wildman–Crippen LogP) is 0.769. The first-order chi connectivity index (χ1) is 9.40. The van der Waals surface area contributed by atoms with Gasteiger partial charge in [-0.1, -0.05) is 19.1 Å². The van der Waals surface area contributed by atoms with E-state index in [1.165, 1.54) is 0 Å². The fourth-order valence-corrected chi connectivity index (χ4v) is 2.12. The summed E-state index contributed by atoms with van der Waals surface area (Å²) in [5.41, 5.74) is 0. The van der Waals surface area contributed by atoms with Gasteiger partial charge in [-0.15, -0.1) is 0 Å². The van der Waals surface area contributed by atoms with Crippen molar-refractivity contribution in [1.82, 2.24) is 0 Å².